The molecule has 1 aromatic carbocycles. The molecule has 12 heavy (non-hydrogen) atoms. The third-order valence-corrected chi connectivity index (χ3v) is 2.59. The summed E-state index contributed by atoms with van der Waals surface area (Å²) in [4.78, 5) is 10.7. The van der Waals surface area contributed by atoms with Gasteiger partial charge in [-0.25, -0.2) is 4.79 Å². The van der Waals surface area contributed by atoms with Gasteiger partial charge in [0.2, 0.25) is 0 Å². The first-order chi connectivity index (χ1) is 5.52. The van der Waals surface area contributed by atoms with E-state index in [9.17, 15) is 4.79 Å². The van der Waals surface area contributed by atoms with Crippen molar-refractivity contribution in [2.24, 2.45) is 0 Å². The summed E-state index contributed by atoms with van der Waals surface area (Å²) in [7, 11) is 0. The molecule has 1 aromatic rings. The zero-order valence-corrected chi connectivity index (χ0v) is 8.47. The molecular formula is C9H9BrO2. The summed E-state index contributed by atoms with van der Waals surface area (Å²) < 4.78 is 0.949. The van der Waals surface area contributed by atoms with Crippen LogP contribution in [0.5, 0.6) is 0 Å². The van der Waals surface area contributed by atoms with E-state index in [0.29, 0.717) is 5.56 Å². The second kappa shape index (κ2) is 3.27. The number of carboxylic acids is 1. The van der Waals surface area contributed by atoms with Gasteiger partial charge in [0.1, 0.15) is 0 Å². The van der Waals surface area contributed by atoms with Crippen molar-refractivity contribution in [3.05, 3.63) is 33.3 Å². The van der Waals surface area contributed by atoms with Gasteiger partial charge in [-0.2, -0.15) is 0 Å². The summed E-state index contributed by atoms with van der Waals surface area (Å²) in [6.07, 6.45) is 0. The fourth-order valence-electron chi connectivity index (χ4n) is 1.01. The second-order valence-corrected chi connectivity index (χ2v) is 3.58. The third kappa shape index (κ3) is 1.67. The summed E-state index contributed by atoms with van der Waals surface area (Å²) in [6.45, 7) is 3.66. The Hall–Kier alpha value is -0.830. The Morgan fingerprint density at radius 3 is 2.42 bits per heavy atom. The minimum Gasteiger partial charge on any atom is -0.478 e. The van der Waals surface area contributed by atoms with Gasteiger partial charge in [-0.05, 0) is 37.1 Å². The second-order valence-electron chi connectivity index (χ2n) is 2.72. The van der Waals surface area contributed by atoms with Crippen molar-refractivity contribution < 1.29 is 9.90 Å². The molecule has 0 fully saturated rings. The highest BCUT2D eigenvalue weighted by molar-refractivity contribution is 9.10. The molecule has 1 rings (SSSR count). The zero-order chi connectivity index (χ0) is 9.30. The fraction of sp³-hybridized carbons (Fsp3) is 0.222. The molecular weight excluding hydrogens is 220 g/mol. The highest BCUT2D eigenvalue weighted by atomic mass is 79.9. The van der Waals surface area contributed by atoms with Crippen LogP contribution >= 0.6 is 15.9 Å². The Morgan fingerprint density at radius 2 is 1.92 bits per heavy atom. The fourth-order valence-corrected chi connectivity index (χ4v) is 1.47. The Labute approximate surface area is 79.3 Å². The standard InChI is InChI=1S/C9H9BrO2/c1-5-4-8(10)6(2)3-7(5)9(11)12/h3-4H,1-2H3,(H,11,12). The molecule has 0 aliphatic carbocycles. The smallest absolute Gasteiger partial charge is 0.335 e. The van der Waals surface area contributed by atoms with Crippen LogP contribution in [0.4, 0.5) is 0 Å². The first kappa shape index (κ1) is 9.26. The number of aryl methyl sites for hydroxylation is 2. The van der Waals surface area contributed by atoms with Gasteiger partial charge in [0.05, 0.1) is 5.56 Å². The van der Waals surface area contributed by atoms with Crippen molar-refractivity contribution in [2.45, 2.75) is 13.8 Å². The van der Waals surface area contributed by atoms with Crippen molar-refractivity contribution in [1.82, 2.24) is 0 Å². The lowest BCUT2D eigenvalue weighted by Crippen LogP contribution is -2.00. The molecule has 0 unspecified atom stereocenters. The van der Waals surface area contributed by atoms with Gasteiger partial charge >= 0.3 is 5.97 Å². The summed E-state index contributed by atoms with van der Waals surface area (Å²) in [5.74, 6) is -0.872. The summed E-state index contributed by atoms with van der Waals surface area (Å²) in [6, 6.07) is 3.49. The SMILES string of the molecule is Cc1cc(C(=O)O)c(C)cc1Br. The van der Waals surface area contributed by atoms with Crippen molar-refractivity contribution in [1.29, 1.82) is 0 Å². The van der Waals surface area contributed by atoms with Crippen molar-refractivity contribution in [3.8, 4) is 0 Å². The van der Waals surface area contributed by atoms with Crippen molar-refractivity contribution >= 4 is 21.9 Å². The monoisotopic (exact) mass is 228 g/mol. The topological polar surface area (TPSA) is 37.3 Å². The molecule has 0 bridgehead atoms. The van der Waals surface area contributed by atoms with Crippen LogP contribution in [-0.4, -0.2) is 11.1 Å². The minimum atomic E-state index is -0.872. The van der Waals surface area contributed by atoms with Gasteiger partial charge < -0.3 is 5.11 Å². The molecule has 0 aromatic heterocycles. The number of aromatic carboxylic acids is 1. The number of carboxylic acid groups (broad SMARTS) is 1. The van der Waals surface area contributed by atoms with Crippen LogP contribution in [0.2, 0.25) is 0 Å². The Kier molecular flexibility index (Phi) is 2.52. The van der Waals surface area contributed by atoms with E-state index in [1.807, 2.05) is 13.0 Å². The highest BCUT2D eigenvalue weighted by Gasteiger charge is 2.08. The normalized spacial score (nSPS) is 9.92. The first-order valence-corrected chi connectivity index (χ1v) is 4.31. The summed E-state index contributed by atoms with van der Waals surface area (Å²) in [5, 5.41) is 8.77. The molecule has 0 radical (unpaired) electrons. The predicted molar refractivity (Wildman–Crippen MR) is 50.6 cm³/mol. The van der Waals surface area contributed by atoms with E-state index in [1.165, 1.54) is 0 Å². The van der Waals surface area contributed by atoms with Gasteiger partial charge in [0.15, 0.2) is 0 Å². The van der Waals surface area contributed by atoms with E-state index < -0.39 is 5.97 Å². The van der Waals surface area contributed by atoms with E-state index in [-0.39, 0.29) is 0 Å². The summed E-state index contributed by atoms with van der Waals surface area (Å²) >= 11 is 3.34. The van der Waals surface area contributed by atoms with E-state index in [2.05, 4.69) is 15.9 Å². The van der Waals surface area contributed by atoms with Crippen LogP contribution in [0.1, 0.15) is 21.5 Å². The molecule has 0 aliphatic rings. The number of hydrogen-bond acceptors (Lipinski definition) is 1. The Bertz CT molecular complexity index is 332. The maximum absolute atomic E-state index is 10.7. The Morgan fingerprint density at radius 1 is 1.33 bits per heavy atom. The number of hydrogen-bond donors (Lipinski definition) is 1. The molecule has 1 N–H and O–H groups in total. The van der Waals surface area contributed by atoms with Crippen molar-refractivity contribution in [2.75, 3.05) is 0 Å². The molecule has 2 nitrogen and oxygen atoms in total. The van der Waals surface area contributed by atoms with Crippen LogP contribution in [0.15, 0.2) is 16.6 Å². The quantitative estimate of drug-likeness (QED) is 0.803. The van der Waals surface area contributed by atoms with Crippen LogP contribution in [-0.2, 0) is 0 Å². The van der Waals surface area contributed by atoms with Gasteiger partial charge in [-0.3, -0.25) is 0 Å². The molecule has 0 amide bonds. The van der Waals surface area contributed by atoms with Crippen LogP contribution in [0.25, 0.3) is 0 Å². The lowest BCUT2D eigenvalue weighted by molar-refractivity contribution is 0.0696. The lowest BCUT2D eigenvalue weighted by Gasteiger charge is -2.03. The van der Waals surface area contributed by atoms with Crippen LogP contribution < -0.4 is 0 Å². The van der Waals surface area contributed by atoms with Gasteiger partial charge in [0.25, 0.3) is 0 Å². The minimum absolute atomic E-state index is 0.371. The zero-order valence-electron chi connectivity index (χ0n) is 6.89. The van der Waals surface area contributed by atoms with Crippen LogP contribution in [0, 0.1) is 13.8 Å². The largest absolute Gasteiger partial charge is 0.478 e. The molecule has 3 heteroatoms. The van der Waals surface area contributed by atoms with E-state index >= 15 is 0 Å². The molecule has 0 spiro atoms. The van der Waals surface area contributed by atoms with Crippen molar-refractivity contribution in [3.63, 3.8) is 0 Å². The van der Waals surface area contributed by atoms with Gasteiger partial charge in [-0.1, -0.05) is 15.9 Å². The first-order valence-electron chi connectivity index (χ1n) is 3.52. The Balaban J connectivity index is 3.33. The highest BCUT2D eigenvalue weighted by Crippen LogP contribution is 2.20. The molecule has 0 heterocycles. The third-order valence-electron chi connectivity index (χ3n) is 1.74. The molecule has 0 aliphatic heterocycles. The maximum atomic E-state index is 10.7. The number of halogens is 1. The predicted octanol–water partition coefficient (Wildman–Crippen LogP) is 2.76. The molecule has 64 valence electrons. The van der Waals surface area contributed by atoms with E-state index in [0.717, 1.165) is 15.6 Å². The van der Waals surface area contributed by atoms with E-state index in [1.54, 1.807) is 13.0 Å². The molecule has 0 saturated heterocycles. The number of benzene rings is 1. The maximum Gasteiger partial charge on any atom is 0.335 e. The molecule has 0 saturated carbocycles. The average Bonchev–Trinajstić information content (AvgIpc) is 1.96. The average molecular weight is 229 g/mol. The number of carbonyl (C=O) groups is 1. The lowest BCUT2D eigenvalue weighted by atomic mass is 10.1. The number of rotatable bonds is 1. The molecule has 0 atom stereocenters. The van der Waals surface area contributed by atoms with Gasteiger partial charge in [0, 0.05) is 4.47 Å². The summed E-state index contributed by atoms with van der Waals surface area (Å²) in [5.41, 5.74) is 2.09. The van der Waals surface area contributed by atoms with Crippen LogP contribution in [0.3, 0.4) is 0 Å². The van der Waals surface area contributed by atoms with E-state index in [4.69, 9.17) is 5.11 Å². The van der Waals surface area contributed by atoms with Gasteiger partial charge in [-0.15, -0.1) is 0 Å².